The summed E-state index contributed by atoms with van der Waals surface area (Å²) in [5.41, 5.74) is -1.20. The molecule has 240 valence electrons. The predicted molar refractivity (Wildman–Crippen MR) is 166 cm³/mol. The molecule has 0 bridgehead atoms. The number of benzene rings is 2. The second-order valence-electron chi connectivity index (χ2n) is 11.7. The Bertz CT molecular complexity index is 1070. The number of rotatable bonds is 16. The summed E-state index contributed by atoms with van der Waals surface area (Å²) in [5, 5.41) is 0. The van der Waals surface area contributed by atoms with Gasteiger partial charge in [-0.2, -0.15) is 0 Å². The van der Waals surface area contributed by atoms with Crippen LogP contribution in [0.1, 0.15) is 77.3 Å². The van der Waals surface area contributed by atoms with Crippen molar-refractivity contribution in [3.05, 3.63) is 71.8 Å². The number of carbonyl (C=O) groups excluding carboxylic acids is 4. The zero-order chi connectivity index (χ0) is 32.0. The van der Waals surface area contributed by atoms with E-state index in [1.54, 1.807) is 27.7 Å². The summed E-state index contributed by atoms with van der Waals surface area (Å²) >= 11 is 0. The van der Waals surface area contributed by atoms with Gasteiger partial charge < -0.3 is 18.9 Å². The Kier molecular flexibility index (Phi) is 13.4. The zero-order valence-corrected chi connectivity index (χ0v) is 26.7. The quantitative estimate of drug-likeness (QED) is 0.125. The van der Waals surface area contributed by atoms with Gasteiger partial charge in [-0.25, -0.2) is 0 Å². The van der Waals surface area contributed by atoms with Gasteiger partial charge in [-0.1, -0.05) is 86.3 Å². The Morgan fingerprint density at radius 1 is 0.523 bits per heavy atom. The molecule has 8 nitrogen and oxygen atoms in total. The molecule has 0 aliphatic heterocycles. The highest BCUT2D eigenvalue weighted by Crippen LogP contribution is 2.45. The van der Waals surface area contributed by atoms with E-state index >= 15 is 0 Å². The van der Waals surface area contributed by atoms with Crippen LogP contribution in [0, 0.1) is 22.7 Å². The van der Waals surface area contributed by atoms with Gasteiger partial charge in [0.2, 0.25) is 0 Å². The van der Waals surface area contributed by atoms with Crippen molar-refractivity contribution in [3.8, 4) is 0 Å². The molecule has 2 aromatic rings. The van der Waals surface area contributed by atoms with Crippen LogP contribution in [0.2, 0.25) is 0 Å². The summed E-state index contributed by atoms with van der Waals surface area (Å²) < 4.78 is 22.0. The first-order valence-corrected chi connectivity index (χ1v) is 16.0. The van der Waals surface area contributed by atoms with Crippen LogP contribution in [0.4, 0.5) is 0 Å². The Morgan fingerprint density at radius 3 is 1.05 bits per heavy atom. The summed E-state index contributed by atoms with van der Waals surface area (Å²) in [6.07, 6.45) is 3.91. The summed E-state index contributed by atoms with van der Waals surface area (Å²) in [7, 11) is 0. The van der Waals surface area contributed by atoms with Crippen molar-refractivity contribution in [1.82, 2.24) is 0 Å². The Morgan fingerprint density at radius 2 is 0.795 bits per heavy atom. The van der Waals surface area contributed by atoms with Gasteiger partial charge in [0.1, 0.15) is 0 Å². The van der Waals surface area contributed by atoms with E-state index in [0.29, 0.717) is 12.8 Å². The number of hydrogen-bond acceptors (Lipinski definition) is 8. The third-order valence-electron chi connectivity index (χ3n) is 8.60. The van der Waals surface area contributed by atoms with E-state index in [0.717, 1.165) is 36.8 Å². The first-order valence-electron chi connectivity index (χ1n) is 16.0. The van der Waals surface area contributed by atoms with E-state index in [4.69, 9.17) is 18.9 Å². The fourth-order valence-electron chi connectivity index (χ4n) is 6.52. The number of hydrogen-bond donors (Lipinski definition) is 0. The normalized spacial score (nSPS) is 16.9. The maximum absolute atomic E-state index is 13.5. The van der Waals surface area contributed by atoms with E-state index in [2.05, 4.69) is 0 Å². The SMILES string of the molecule is CCOC(=O)C(Cc1ccccc1)(CC1CCC(CC(Cc2ccccc2)(C(=O)OCC)C(=O)OCC)CC1)C(=O)OCC. The van der Waals surface area contributed by atoms with Crippen molar-refractivity contribution in [2.75, 3.05) is 26.4 Å². The van der Waals surface area contributed by atoms with Crippen LogP contribution in [-0.2, 0) is 51.0 Å². The lowest BCUT2D eigenvalue weighted by Gasteiger charge is -2.38. The molecule has 1 saturated carbocycles. The molecule has 3 rings (SSSR count). The van der Waals surface area contributed by atoms with Gasteiger partial charge in [-0.3, -0.25) is 19.2 Å². The van der Waals surface area contributed by atoms with Crippen LogP contribution in [0.3, 0.4) is 0 Å². The lowest BCUT2D eigenvalue weighted by Crippen LogP contribution is -2.47. The highest BCUT2D eigenvalue weighted by Gasteiger charge is 2.52. The van der Waals surface area contributed by atoms with E-state index in [1.165, 1.54) is 0 Å². The number of carbonyl (C=O) groups is 4. The van der Waals surface area contributed by atoms with Crippen LogP contribution < -0.4 is 0 Å². The summed E-state index contributed by atoms with van der Waals surface area (Å²) in [6, 6.07) is 18.9. The molecule has 0 N–H and O–H groups in total. The Balaban J connectivity index is 1.86. The maximum atomic E-state index is 13.5. The minimum Gasteiger partial charge on any atom is -0.465 e. The molecule has 0 spiro atoms. The van der Waals surface area contributed by atoms with Crippen molar-refractivity contribution < 1.29 is 38.1 Å². The van der Waals surface area contributed by atoms with Crippen molar-refractivity contribution in [2.45, 2.75) is 79.1 Å². The topological polar surface area (TPSA) is 105 Å². The molecule has 0 aromatic heterocycles. The monoisotopic (exact) mass is 608 g/mol. The largest absolute Gasteiger partial charge is 0.465 e. The molecule has 0 atom stereocenters. The highest BCUT2D eigenvalue weighted by molar-refractivity contribution is 6.01. The van der Waals surface area contributed by atoms with Gasteiger partial charge in [0.05, 0.1) is 26.4 Å². The van der Waals surface area contributed by atoms with Gasteiger partial charge >= 0.3 is 23.9 Å². The van der Waals surface area contributed by atoms with Crippen LogP contribution in [0.5, 0.6) is 0 Å². The fourth-order valence-corrected chi connectivity index (χ4v) is 6.52. The summed E-state index contributed by atoms with van der Waals surface area (Å²) in [6.45, 7) is 7.57. The minimum atomic E-state index is -1.46. The summed E-state index contributed by atoms with van der Waals surface area (Å²) in [5.74, 6) is -2.13. The molecule has 0 unspecified atom stereocenters. The average molecular weight is 609 g/mol. The molecule has 0 saturated heterocycles. The van der Waals surface area contributed by atoms with Crippen molar-refractivity contribution >= 4 is 23.9 Å². The van der Waals surface area contributed by atoms with Crippen LogP contribution in [-0.4, -0.2) is 50.3 Å². The molecular formula is C36H48O8. The second-order valence-corrected chi connectivity index (χ2v) is 11.7. The molecule has 2 aromatic carbocycles. The highest BCUT2D eigenvalue weighted by atomic mass is 16.6. The van der Waals surface area contributed by atoms with Gasteiger partial charge in [0.15, 0.2) is 10.8 Å². The first kappa shape index (κ1) is 34.8. The zero-order valence-electron chi connectivity index (χ0n) is 26.7. The lowest BCUT2D eigenvalue weighted by atomic mass is 9.66. The van der Waals surface area contributed by atoms with Crippen molar-refractivity contribution in [2.24, 2.45) is 22.7 Å². The van der Waals surface area contributed by atoms with Crippen LogP contribution in [0.15, 0.2) is 60.7 Å². The van der Waals surface area contributed by atoms with Gasteiger partial charge in [-0.15, -0.1) is 0 Å². The molecule has 0 amide bonds. The number of ether oxygens (including phenoxy) is 4. The van der Waals surface area contributed by atoms with Crippen molar-refractivity contribution in [1.29, 1.82) is 0 Å². The fraction of sp³-hybridized carbons (Fsp3) is 0.556. The third-order valence-corrected chi connectivity index (χ3v) is 8.60. The first-order chi connectivity index (χ1) is 21.2. The number of esters is 4. The smallest absolute Gasteiger partial charge is 0.323 e. The standard InChI is InChI=1S/C36H48O8/c1-5-41-31(37)35(32(38)42-6-2,23-27-15-11-9-12-16-27)25-29-19-21-30(22-20-29)26-36(33(39)43-7-3,34(40)44-8-4)24-28-17-13-10-14-18-28/h9-18,29-30H,5-8,19-26H2,1-4H3. The average Bonchev–Trinajstić information content (AvgIpc) is 3.02. The van der Waals surface area contributed by atoms with Gasteiger partial charge in [0.25, 0.3) is 0 Å². The van der Waals surface area contributed by atoms with Crippen LogP contribution in [0.25, 0.3) is 0 Å². The van der Waals surface area contributed by atoms with E-state index in [-0.39, 0.29) is 51.1 Å². The molecule has 0 heterocycles. The molecule has 1 fully saturated rings. The second kappa shape index (κ2) is 17.0. The maximum Gasteiger partial charge on any atom is 0.323 e. The molecule has 44 heavy (non-hydrogen) atoms. The molecule has 8 heteroatoms. The van der Waals surface area contributed by atoms with Crippen LogP contribution >= 0.6 is 0 Å². The molecule has 1 aliphatic rings. The molecule has 0 radical (unpaired) electrons. The summed E-state index contributed by atoms with van der Waals surface area (Å²) in [4.78, 5) is 54.1. The van der Waals surface area contributed by atoms with Gasteiger partial charge in [0, 0.05) is 0 Å². The Labute approximate surface area is 261 Å². The lowest BCUT2D eigenvalue weighted by molar-refractivity contribution is -0.176. The predicted octanol–water partition coefficient (Wildman–Crippen LogP) is 6.28. The van der Waals surface area contributed by atoms with E-state index in [1.807, 2.05) is 60.7 Å². The third kappa shape index (κ3) is 8.70. The Hall–Kier alpha value is -3.68. The van der Waals surface area contributed by atoms with E-state index in [9.17, 15) is 19.2 Å². The van der Waals surface area contributed by atoms with E-state index < -0.39 is 34.7 Å². The molecular weight excluding hydrogens is 560 g/mol. The minimum absolute atomic E-state index is 0.0532. The van der Waals surface area contributed by atoms with Gasteiger partial charge in [-0.05, 0) is 76.3 Å². The molecule has 1 aliphatic carbocycles. The van der Waals surface area contributed by atoms with Crippen molar-refractivity contribution in [3.63, 3.8) is 0 Å².